The molecule has 2 aromatic carbocycles. The van der Waals surface area contributed by atoms with Crippen LogP contribution in [-0.2, 0) is 23.8 Å². The first-order valence-electron chi connectivity index (χ1n) is 13.0. The quantitative estimate of drug-likeness (QED) is 0.294. The van der Waals surface area contributed by atoms with Crippen LogP contribution in [-0.4, -0.2) is 32.3 Å². The van der Waals surface area contributed by atoms with Crippen LogP contribution in [0.5, 0.6) is 0 Å². The Morgan fingerprint density at radius 1 is 1.15 bits per heavy atom. The minimum Gasteiger partial charge on any atom is -0.348 e. The molecule has 0 bridgehead atoms. The molecule has 2 aromatic heterocycles. The third-order valence-corrected chi connectivity index (χ3v) is 8.28. The second kappa shape index (κ2) is 8.13. The molecule has 2 saturated carbocycles. The number of hydrogen-bond acceptors (Lipinski definition) is 5. The van der Waals surface area contributed by atoms with Gasteiger partial charge >= 0.3 is 0 Å². The number of aromatic amines is 1. The van der Waals surface area contributed by atoms with Crippen LogP contribution in [0, 0.1) is 10.1 Å². The Balaban J connectivity index is 1.27. The summed E-state index contributed by atoms with van der Waals surface area (Å²) in [7, 11) is 1.68. The zero-order valence-electron chi connectivity index (χ0n) is 21.1. The van der Waals surface area contributed by atoms with E-state index in [-0.39, 0.29) is 35.0 Å². The van der Waals surface area contributed by atoms with Gasteiger partial charge in [-0.1, -0.05) is 30.3 Å². The van der Waals surface area contributed by atoms with Crippen LogP contribution in [0.15, 0.2) is 65.6 Å². The normalized spacial score (nSPS) is 21.4. The molecule has 1 aliphatic heterocycles. The van der Waals surface area contributed by atoms with Crippen molar-refractivity contribution in [2.45, 2.75) is 43.2 Å². The van der Waals surface area contributed by atoms with E-state index in [0.29, 0.717) is 29.6 Å². The lowest BCUT2D eigenvalue weighted by Crippen LogP contribution is -2.32. The molecule has 2 aliphatic carbocycles. The molecule has 196 valence electrons. The van der Waals surface area contributed by atoms with Crippen molar-refractivity contribution in [2.75, 3.05) is 4.90 Å². The van der Waals surface area contributed by atoms with E-state index >= 15 is 0 Å². The van der Waals surface area contributed by atoms with Gasteiger partial charge in [-0.25, -0.2) is 0 Å². The maximum Gasteiger partial charge on any atom is 0.274 e. The molecular formula is C29H25N5O5. The van der Waals surface area contributed by atoms with Gasteiger partial charge in [0.05, 0.1) is 16.9 Å². The fraction of sp³-hybridized carbons (Fsp3) is 0.276. The molecule has 2 fully saturated rings. The minimum atomic E-state index is -0.768. The summed E-state index contributed by atoms with van der Waals surface area (Å²) in [5, 5.41) is 14.7. The number of amides is 2. The number of pyridine rings is 1. The number of hydrogen-bond donors (Lipinski definition) is 2. The first-order valence-corrected chi connectivity index (χ1v) is 13.0. The van der Waals surface area contributed by atoms with Crippen molar-refractivity contribution in [1.29, 1.82) is 0 Å². The summed E-state index contributed by atoms with van der Waals surface area (Å²) >= 11 is 0. The van der Waals surface area contributed by atoms with Gasteiger partial charge in [0.25, 0.3) is 17.2 Å². The smallest absolute Gasteiger partial charge is 0.274 e. The largest absolute Gasteiger partial charge is 0.348 e. The molecule has 0 radical (unpaired) electrons. The second-order valence-corrected chi connectivity index (χ2v) is 10.8. The number of nitrogens with zero attached hydrogens (tertiary/aromatic N) is 3. The maximum atomic E-state index is 14.1. The van der Waals surface area contributed by atoms with Gasteiger partial charge in [-0.2, -0.15) is 0 Å². The van der Waals surface area contributed by atoms with Crippen molar-refractivity contribution < 1.29 is 14.5 Å². The van der Waals surface area contributed by atoms with E-state index in [1.807, 2.05) is 24.3 Å². The number of nitro benzene ring substituents is 1. The first kappa shape index (κ1) is 23.4. The fourth-order valence-corrected chi connectivity index (χ4v) is 6.04. The molecular weight excluding hydrogens is 498 g/mol. The van der Waals surface area contributed by atoms with Crippen LogP contribution < -0.4 is 15.8 Å². The molecule has 3 aliphatic rings. The molecule has 7 rings (SSSR count). The van der Waals surface area contributed by atoms with Crippen LogP contribution in [0.3, 0.4) is 0 Å². The van der Waals surface area contributed by atoms with E-state index in [4.69, 9.17) is 0 Å². The predicted molar refractivity (Wildman–Crippen MR) is 144 cm³/mol. The summed E-state index contributed by atoms with van der Waals surface area (Å²) in [6.07, 6.45) is 4.29. The number of para-hydroxylation sites is 1. The highest BCUT2D eigenvalue weighted by atomic mass is 16.6. The van der Waals surface area contributed by atoms with Gasteiger partial charge in [0.1, 0.15) is 11.2 Å². The lowest BCUT2D eigenvalue weighted by molar-refractivity contribution is -0.384. The maximum absolute atomic E-state index is 14.1. The fourth-order valence-electron chi connectivity index (χ4n) is 6.04. The summed E-state index contributed by atoms with van der Waals surface area (Å²) < 4.78 is 1.50. The van der Waals surface area contributed by atoms with Crippen molar-refractivity contribution in [3.8, 4) is 0 Å². The number of rotatable bonds is 6. The Kier molecular flexibility index (Phi) is 4.88. The predicted octanol–water partition coefficient (Wildman–Crippen LogP) is 3.64. The van der Waals surface area contributed by atoms with Crippen LogP contribution in [0.4, 0.5) is 11.4 Å². The van der Waals surface area contributed by atoms with Gasteiger partial charge in [-0.3, -0.25) is 24.5 Å². The third-order valence-electron chi connectivity index (χ3n) is 8.28. The Labute approximate surface area is 222 Å². The molecule has 4 aromatic rings. The van der Waals surface area contributed by atoms with E-state index in [1.54, 1.807) is 36.3 Å². The molecule has 0 unspecified atom stereocenters. The number of nitrogens with one attached hydrogen (secondary N) is 2. The molecule has 10 heteroatoms. The minimum absolute atomic E-state index is 0.000942. The zero-order valence-corrected chi connectivity index (χ0v) is 21.1. The SMILES string of the molecule is Cn1cc([C@@H]2C[C@@]23C(=O)N(Cc2ccc([N+](=O)[O-])cc2)c2ccccc23)c2cc(C(=O)NC3CC3)[nH]c2c1=O. The van der Waals surface area contributed by atoms with Crippen molar-refractivity contribution in [3.63, 3.8) is 0 Å². The average molecular weight is 524 g/mol. The van der Waals surface area contributed by atoms with Crippen LogP contribution >= 0.6 is 0 Å². The van der Waals surface area contributed by atoms with Crippen molar-refractivity contribution in [3.05, 3.63) is 104 Å². The number of fused-ring (bicyclic) bond motifs is 3. The van der Waals surface area contributed by atoms with Gasteiger partial charge < -0.3 is 19.8 Å². The van der Waals surface area contributed by atoms with E-state index in [9.17, 15) is 24.5 Å². The van der Waals surface area contributed by atoms with E-state index in [0.717, 1.165) is 35.2 Å². The highest BCUT2D eigenvalue weighted by Crippen LogP contribution is 2.67. The van der Waals surface area contributed by atoms with Gasteiger partial charge in [-0.05, 0) is 48.1 Å². The number of anilines is 1. The summed E-state index contributed by atoms with van der Waals surface area (Å²) in [5.41, 5.74) is 3.11. The molecule has 10 nitrogen and oxygen atoms in total. The van der Waals surface area contributed by atoms with Crippen LogP contribution in [0.25, 0.3) is 10.9 Å². The highest BCUT2D eigenvalue weighted by molar-refractivity contribution is 6.12. The molecule has 2 amide bonds. The van der Waals surface area contributed by atoms with Crippen molar-refractivity contribution in [2.24, 2.45) is 7.05 Å². The Hall–Kier alpha value is -4.73. The van der Waals surface area contributed by atoms with Crippen molar-refractivity contribution in [1.82, 2.24) is 14.9 Å². The van der Waals surface area contributed by atoms with Gasteiger partial charge in [-0.15, -0.1) is 0 Å². The Bertz CT molecular complexity index is 1770. The standard InChI is InChI=1S/C29H25N5O5/c1-32-15-20(19-12-23(31-25(19)27(32)36)26(35)30-17-8-9-17)22-13-29(22)21-4-2-3-5-24(21)33(28(29)37)14-16-6-10-18(11-7-16)34(38)39/h2-7,10-12,15,17,22,31H,8-9,13-14H2,1H3,(H,30,35)/t22-,29-/m0/s1. The first-order chi connectivity index (χ1) is 18.8. The topological polar surface area (TPSA) is 130 Å². The lowest BCUT2D eigenvalue weighted by Gasteiger charge is -2.18. The molecule has 39 heavy (non-hydrogen) atoms. The number of nitro groups is 1. The monoisotopic (exact) mass is 523 g/mol. The number of carbonyl (C=O) groups excluding carboxylic acids is 2. The summed E-state index contributed by atoms with van der Waals surface area (Å²) in [4.78, 5) is 55.2. The number of carbonyl (C=O) groups is 2. The molecule has 2 atom stereocenters. The van der Waals surface area contributed by atoms with Crippen LogP contribution in [0.2, 0.25) is 0 Å². The Morgan fingerprint density at radius 2 is 1.90 bits per heavy atom. The van der Waals surface area contributed by atoms with Gasteiger partial charge in [0.15, 0.2) is 0 Å². The van der Waals surface area contributed by atoms with E-state index in [2.05, 4.69) is 10.3 Å². The highest BCUT2D eigenvalue weighted by Gasteiger charge is 2.67. The van der Waals surface area contributed by atoms with E-state index in [1.165, 1.54) is 16.7 Å². The molecule has 2 N–H and O–H groups in total. The number of aromatic nitrogens is 2. The average Bonchev–Trinajstić information content (AvgIpc) is 3.83. The molecule has 0 saturated heterocycles. The lowest BCUT2D eigenvalue weighted by atomic mass is 9.91. The Morgan fingerprint density at radius 3 is 2.62 bits per heavy atom. The molecule has 3 heterocycles. The molecule has 1 spiro atoms. The van der Waals surface area contributed by atoms with Crippen molar-refractivity contribution >= 4 is 34.1 Å². The van der Waals surface area contributed by atoms with Gasteiger partial charge in [0.2, 0.25) is 5.91 Å². The number of benzene rings is 2. The van der Waals surface area contributed by atoms with Crippen LogP contribution in [0.1, 0.15) is 52.4 Å². The zero-order chi connectivity index (χ0) is 27.1. The number of non-ortho nitro benzene ring substituents is 1. The van der Waals surface area contributed by atoms with Gasteiger partial charge in [0, 0.05) is 48.4 Å². The van der Waals surface area contributed by atoms with E-state index < -0.39 is 10.3 Å². The summed E-state index contributed by atoms with van der Waals surface area (Å²) in [5.74, 6) is -0.433. The summed E-state index contributed by atoms with van der Waals surface area (Å²) in [6, 6.07) is 15.9. The second-order valence-electron chi connectivity index (χ2n) is 10.8. The number of H-pyrrole nitrogens is 1. The number of aryl methyl sites for hydroxylation is 1. The third kappa shape index (κ3) is 3.51. The summed E-state index contributed by atoms with van der Waals surface area (Å²) in [6.45, 7) is 0.292.